The molecular formula is C29H25N. The van der Waals surface area contributed by atoms with E-state index in [0.29, 0.717) is 0 Å². The summed E-state index contributed by atoms with van der Waals surface area (Å²) >= 11 is 0. The highest BCUT2D eigenvalue weighted by Gasteiger charge is 2.49. The van der Waals surface area contributed by atoms with Gasteiger partial charge in [-0.15, -0.1) is 0 Å². The van der Waals surface area contributed by atoms with E-state index in [1.807, 2.05) is 0 Å². The first-order valence-electron chi connectivity index (χ1n) is 11.0. The van der Waals surface area contributed by atoms with Crippen molar-refractivity contribution in [2.75, 3.05) is 11.4 Å². The maximum atomic E-state index is 2.52. The summed E-state index contributed by atoms with van der Waals surface area (Å²) in [6.07, 6.45) is 2.11. The third-order valence-corrected chi connectivity index (χ3v) is 6.87. The highest BCUT2D eigenvalue weighted by molar-refractivity contribution is 5.84. The highest BCUT2D eigenvalue weighted by Crippen LogP contribution is 2.58. The zero-order valence-corrected chi connectivity index (χ0v) is 17.3. The molecule has 1 aliphatic carbocycles. The van der Waals surface area contributed by atoms with E-state index >= 15 is 0 Å². The first-order valence-corrected chi connectivity index (χ1v) is 11.0. The van der Waals surface area contributed by atoms with Gasteiger partial charge in [0.1, 0.15) is 0 Å². The Hall–Kier alpha value is -3.32. The van der Waals surface area contributed by atoms with E-state index < -0.39 is 0 Å². The summed E-state index contributed by atoms with van der Waals surface area (Å²) in [6.45, 7) is 3.29. The van der Waals surface area contributed by atoms with Crippen molar-refractivity contribution >= 4 is 11.4 Å². The average Bonchev–Trinajstić information content (AvgIpc) is 2.81. The molecule has 0 amide bonds. The van der Waals surface area contributed by atoms with Gasteiger partial charge >= 0.3 is 0 Å². The first kappa shape index (κ1) is 17.5. The number of hydrogen-bond acceptors (Lipinski definition) is 1. The molecule has 0 unspecified atom stereocenters. The second kappa shape index (κ2) is 6.60. The van der Waals surface area contributed by atoms with Gasteiger partial charge in [0, 0.05) is 17.9 Å². The zero-order chi connectivity index (χ0) is 20.1. The van der Waals surface area contributed by atoms with Crippen LogP contribution in [0.4, 0.5) is 11.4 Å². The second-order valence-electron chi connectivity index (χ2n) is 8.43. The van der Waals surface area contributed by atoms with Crippen LogP contribution in [0, 0.1) is 0 Å². The molecule has 0 fully saturated rings. The summed E-state index contributed by atoms with van der Waals surface area (Å²) in [7, 11) is 0. The molecule has 4 aromatic carbocycles. The minimum atomic E-state index is -0.275. The van der Waals surface area contributed by atoms with Gasteiger partial charge in [0.15, 0.2) is 0 Å². The Balaban J connectivity index is 1.81. The molecule has 6 rings (SSSR count). The van der Waals surface area contributed by atoms with Crippen molar-refractivity contribution in [3.8, 4) is 0 Å². The number of hydrogen-bond donors (Lipinski definition) is 0. The summed E-state index contributed by atoms with van der Waals surface area (Å²) in [5, 5.41) is 0. The molecule has 4 aromatic rings. The summed E-state index contributed by atoms with van der Waals surface area (Å²) in [5.74, 6) is 0. The van der Waals surface area contributed by atoms with E-state index in [1.54, 1.807) is 0 Å². The second-order valence-corrected chi connectivity index (χ2v) is 8.43. The topological polar surface area (TPSA) is 3.24 Å². The van der Waals surface area contributed by atoms with Crippen LogP contribution in [0.1, 0.15) is 46.7 Å². The fraction of sp³-hybridized carbons (Fsp3) is 0.172. The predicted octanol–water partition coefficient (Wildman–Crippen LogP) is 6.84. The minimum absolute atomic E-state index is 0.275. The van der Waals surface area contributed by atoms with Crippen LogP contribution in [-0.2, 0) is 11.8 Å². The summed E-state index contributed by atoms with van der Waals surface area (Å²) < 4.78 is 0. The van der Waals surface area contributed by atoms with E-state index in [2.05, 4.69) is 109 Å². The Morgan fingerprint density at radius 1 is 0.600 bits per heavy atom. The third kappa shape index (κ3) is 2.18. The zero-order valence-electron chi connectivity index (χ0n) is 17.3. The monoisotopic (exact) mass is 387 g/mol. The molecule has 0 atom stereocenters. The molecule has 1 heteroatoms. The normalized spacial score (nSPS) is 15.2. The van der Waals surface area contributed by atoms with Crippen LogP contribution < -0.4 is 4.90 Å². The van der Waals surface area contributed by atoms with Crippen molar-refractivity contribution in [3.63, 3.8) is 0 Å². The summed E-state index contributed by atoms with van der Waals surface area (Å²) in [5.41, 5.74) is 10.9. The van der Waals surface area contributed by atoms with E-state index in [1.165, 1.54) is 44.8 Å². The number of anilines is 2. The Morgan fingerprint density at radius 2 is 1.03 bits per heavy atom. The maximum absolute atomic E-state index is 2.52. The van der Waals surface area contributed by atoms with Crippen LogP contribution in [0.5, 0.6) is 0 Å². The number of fused-ring (bicyclic) bond motifs is 8. The predicted molar refractivity (Wildman–Crippen MR) is 125 cm³/mol. The SMILES string of the molecule is CCCN1c2ccccc2C2(c3ccccc3Cc3ccccc32)c2ccccc21. The number of rotatable bonds is 2. The molecule has 1 spiro atoms. The Morgan fingerprint density at radius 3 is 1.53 bits per heavy atom. The van der Waals surface area contributed by atoms with Crippen LogP contribution in [0.25, 0.3) is 0 Å². The molecule has 0 saturated heterocycles. The van der Waals surface area contributed by atoms with E-state index in [9.17, 15) is 0 Å². The van der Waals surface area contributed by atoms with E-state index in [0.717, 1.165) is 19.4 Å². The highest BCUT2D eigenvalue weighted by atomic mass is 15.1. The molecule has 0 aromatic heterocycles. The Bertz CT molecular complexity index is 1160. The molecule has 30 heavy (non-hydrogen) atoms. The van der Waals surface area contributed by atoms with Crippen LogP contribution >= 0.6 is 0 Å². The van der Waals surface area contributed by atoms with Gasteiger partial charge in [0.05, 0.1) is 5.41 Å². The average molecular weight is 388 g/mol. The molecule has 2 aliphatic rings. The molecule has 146 valence electrons. The number of para-hydroxylation sites is 2. The van der Waals surface area contributed by atoms with Crippen molar-refractivity contribution in [2.45, 2.75) is 25.2 Å². The fourth-order valence-electron chi connectivity index (χ4n) is 5.80. The van der Waals surface area contributed by atoms with Gasteiger partial charge in [-0.05, 0) is 58.4 Å². The third-order valence-electron chi connectivity index (χ3n) is 6.87. The van der Waals surface area contributed by atoms with E-state index in [4.69, 9.17) is 0 Å². The minimum Gasteiger partial charge on any atom is -0.341 e. The van der Waals surface area contributed by atoms with Gasteiger partial charge in [0.25, 0.3) is 0 Å². The Labute approximate surface area is 178 Å². The molecular weight excluding hydrogens is 362 g/mol. The van der Waals surface area contributed by atoms with Crippen molar-refractivity contribution in [1.82, 2.24) is 0 Å². The van der Waals surface area contributed by atoms with Gasteiger partial charge in [-0.3, -0.25) is 0 Å². The van der Waals surface area contributed by atoms with Gasteiger partial charge in [-0.1, -0.05) is 91.9 Å². The molecule has 1 heterocycles. The van der Waals surface area contributed by atoms with Crippen molar-refractivity contribution in [3.05, 3.63) is 130 Å². The maximum Gasteiger partial charge on any atom is 0.0747 e. The molecule has 1 aliphatic heterocycles. The molecule has 0 saturated carbocycles. The lowest BCUT2D eigenvalue weighted by Crippen LogP contribution is -2.42. The lowest BCUT2D eigenvalue weighted by atomic mass is 9.58. The molecule has 1 nitrogen and oxygen atoms in total. The van der Waals surface area contributed by atoms with Crippen molar-refractivity contribution in [1.29, 1.82) is 0 Å². The molecule has 0 bridgehead atoms. The van der Waals surface area contributed by atoms with Crippen LogP contribution in [-0.4, -0.2) is 6.54 Å². The standard InChI is InChI=1S/C29H25N/c1-2-19-30-27-17-9-7-15-25(27)29(26-16-8-10-18-28(26)30)23-13-5-3-11-21(23)20-22-12-4-6-14-24(22)29/h3-18H,2,19-20H2,1H3. The lowest BCUT2D eigenvalue weighted by molar-refractivity contribution is 0.680. The van der Waals surface area contributed by atoms with Gasteiger partial charge in [-0.2, -0.15) is 0 Å². The lowest BCUT2D eigenvalue weighted by Gasteiger charge is -2.49. The van der Waals surface area contributed by atoms with Crippen molar-refractivity contribution < 1.29 is 0 Å². The van der Waals surface area contributed by atoms with Gasteiger partial charge in [0.2, 0.25) is 0 Å². The van der Waals surface area contributed by atoms with E-state index in [-0.39, 0.29) is 5.41 Å². The molecule has 0 N–H and O–H groups in total. The van der Waals surface area contributed by atoms with Gasteiger partial charge < -0.3 is 4.90 Å². The quantitative estimate of drug-likeness (QED) is 0.321. The summed E-state index contributed by atoms with van der Waals surface area (Å²) in [4.78, 5) is 2.52. The number of nitrogens with zero attached hydrogens (tertiary/aromatic N) is 1. The number of benzene rings is 4. The van der Waals surface area contributed by atoms with Gasteiger partial charge in [-0.25, -0.2) is 0 Å². The fourth-order valence-corrected chi connectivity index (χ4v) is 5.80. The molecule has 0 radical (unpaired) electrons. The van der Waals surface area contributed by atoms with Crippen LogP contribution in [0.15, 0.2) is 97.1 Å². The largest absolute Gasteiger partial charge is 0.341 e. The summed E-state index contributed by atoms with van der Waals surface area (Å²) in [6, 6.07) is 36.2. The smallest absolute Gasteiger partial charge is 0.0747 e. The first-order chi connectivity index (χ1) is 14.9. The van der Waals surface area contributed by atoms with Crippen LogP contribution in [0.2, 0.25) is 0 Å². The van der Waals surface area contributed by atoms with Crippen LogP contribution in [0.3, 0.4) is 0 Å². The van der Waals surface area contributed by atoms with Crippen molar-refractivity contribution in [2.24, 2.45) is 0 Å². The Kier molecular flexibility index (Phi) is 3.86.